The van der Waals surface area contributed by atoms with E-state index in [1.807, 2.05) is 13.8 Å². The molecule has 0 rings (SSSR count). The Morgan fingerprint density at radius 1 is 1.14 bits per heavy atom. The summed E-state index contributed by atoms with van der Waals surface area (Å²) in [5.74, 6) is 1.27. The van der Waals surface area contributed by atoms with Gasteiger partial charge in [0.25, 0.3) is 0 Å². The monoisotopic (exact) mass is 239 g/mol. The highest BCUT2D eigenvalue weighted by Crippen LogP contribution is 2.12. The van der Waals surface area contributed by atoms with E-state index in [2.05, 4.69) is 0 Å². The van der Waals surface area contributed by atoms with Crippen LogP contribution >= 0.6 is 23.2 Å². The molecule has 1 amide bonds. The minimum Gasteiger partial charge on any atom is -0.340 e. The summed E-state index contributed by atoms with van der Waals surface area (Å²) in [6.07, 6.45) is 1.77. The third kappa shape index (κ3) is 4.52. The molecule has 14 heavy (non-hydrogen) atoms. The van der Waals surface area contributed by atoms with Crippen molar-refractivity contribution in [3.05, 3.63) is 0 Å². The minimum atomic E-state index is 0.126. The SMILES string of the molecule is CCC(CC)C(=O)N(CCCl)CCCl. The molecule has 0 spiro atoms. The summed E-state index contributed by atoms with van der Waals surface area (Å²) in [4.78, 5) is 13.7. The van der Waals surface area contributed by atoms with Crippen LogP contribution in [0, 0.1) is 5.92 Å². The van der Waals surface area contributed by atoms with Gasteiger partial charge < -0.3 is 4.90 Å². The summed E-state index contributed by atoms with van der Waals surface area (Å²) in [7, 11) is 0. The lowest BCUT2D eigenvalue weighted by atomic mass is 10.0. The maximum atomic E-state index is 11.9. The molecule has 0 saturated heterocycles. The molecular formula is C10H19Cl2NO. The van der Waals surface area contributed by atoms with E-state index in [9.17, 15) is 4.79 Å². The molecule has 0 bridgehead atoms. The van der Waals surface area contributed by atoms with Crippen LogP contribution in [-0.4, -0.2) is 35.7 Å². The van der Waals surface area contributed by atoms with Gasteiger partial charge in [-0.05, 0) is 12.8 Å². The van der Waals surface area contributed by atoms with Crippen molar-refractivity contribution in [2.45, 2.75) is 26.7 Å². The zero-order valence-corrected chi connectivity index (χ0v) is 10.4. The third-order valence-electron chi connectivity index (χ3n) is 2.36. The molecule has 0 unspecified atom stereocenters. The summed E-state index contributed by atoms with van der Waals surface area (Å²) >= 11 is 11.3. The molecule has 0 radical (unpaired) electrons. The number of carbonyl (C=O) groups is 1. The summed E-state index contributed by atoms with van der Waals surface area (Å²) in [5.41, 5.74) is 0. The second-order valence-corrected chi connectivity index (χ2v) is 3.97. The molecule has 0 saturated carbocycles. The van der Waals surface area contributed by atoms with E-state index in [-0.39, 0.29) is 11.8 Å². The molecule has 2 nitrogen and oxygen atoms in total. The van der Waals surface area contributed by atoms with Crippen molar-refractivity contribution in [3.8, 4) is 0 Å². The molecule has 0 aromatic rings. The number of alkyl halides is 2. The van der Waals surface area contributed by atoms with Crippen LogP contribution < -0.4 is 0 Å². The Hall–Kier alpha value is 0.0500. The van der Waals surface area contributed by atoms with Gasteiger partial charge in [-0.3, -0.25) is 4.79 Å². The highest BCUT2D eigenvalue weighted by molar-refractivity contribution is 6.18. The molecule has 84 valence electrons. The standard InChI is InChI=1S/C10H19Cl2NO/c1-3-9(4-2)10(14)13(7-5-11)8-6-12/h9H,3-8H2,1-2H3. The van der Waals surface area contributed by atoms with Crippen LogP contribution in [0.25, 0.3) is 0 Å². The third-order valence-corrected chi connectivity index (χ3v) is 2.69. The van der Waals surface area contributed by atoms with Crippen LogP contribution in [0.3, 0.4) is 0 Å². The maximum Gasteiger partial charge on any atom is 0.225 e. The van der Waals surface area contributed by atoms with E-state index in [4.69, 9.17) is 23.2 Å². The van der Waals surface area contributed by atoms with Gasteiger partial charge in [-0.25, -0.2) is 0 Å². The van der Waals surface area contributed by atoms with Gasteiger partial charge in [0.2, 0.25) is 5.91 Å². The molecule has 4 heteroatoms. The first-order chi connectivity index (χ1) is 6.71. The Kier molecular flexibility index (Phi) is 8.40. The quantitative estimate of drug-likeness (QED) is 0.626. The lowest BCUT2D eigenvalue weighted by Crippen LogP contribution is -2.38. The normalized spacial score (nSPS) is 10.6. The number of nitrogens with zero attached hydrogens (tertiary/aromatic N) is 1. The van der Waals surface area contributed by atoms with Crippen molar-refractivity contribution in [2.75, 3.05) is 24.8 Å². The lowest BCUT2D eigenvalue weighted by Gasteiger charge is -2.24. The zero-order chi connectivity index (χ0) is 11.0. The second kappa shape index (κ2) is 8.37. The second-order valence-electron chi connectivity index (χ2n) is 3.22. The zero-order valence-electron chi connectivity index (χ0n) is 8.93. The van der Waals surface area contributed by atoms with Crippen molar-refractivity contribution in [3.63, 3.8) is 0 Å². The summed E-state index contributed by atoms with van der Waals surface area (Å²) in [6.45, 7) is 5.27. The predicted molar refractivity (Wildman–Crippen MR) is 62.1 cm³/mol. The molecule has 0 aliphatic rings. The van der Waals surface area contributed by atoms with E-state index < -0.39 is 0 Å². The van der Waals surface area contributed by atoms with Gasteiger partial charge >= 0.3 is 0 Å². The molecule has 0 aromatic carbocycles. The van der Waals surface area contributed by atoms with Gasteiger partial charge in [-0.1, -0.05) is 13.8 Å². The van der Waals surface area contributed by atoms with Crippen LogP contribution in [0.5, 0.6) is 0 Å². The molecule has 0 N–H and O–H groups in total. The van der Waals surface area contributed by atoms with E-state index in [1.165, 1.54) is 0 Å². The smallest absolute Gasteiger partial charge is 0.225 e. The average molecular weight is 240 g/mol. The van der Waals surface area contributed by atoms with Gasteiger partial charge in [0.15, 0.2) is 0 Å². The Morgan fingerprint density at radius 3 is 1.86 bits per heavy atom. The van der Waals surface area contributed by atoms with Crippen LogP contribution in [0.4, 0.5) is 0 Å². The number of halogens is 2. The molecule has 0 aromatic heterocycles. The highest BCUT2D eigenvalue weighted by Gasteiger charge is 2.20. The maximum absolute atomic E-state index is 11.9. The van der Waals surface area contributed by atoms with E-state index >= 15 is 0 Å². The van der Waals surface area contributed by atoms with Crippen LogP contribution in [0.1, 0.15) is 26.7 Å². The molecule has 0 aliphatic carbocycles. The summed E-state index contributed by atoms with van der Waals surface area (Å²) < 4.78 is 0. The molecular weight excluding hydrogens is 221 g/mol. The van der Waals surface area contributed by atoms with E-state index in [0.29, 0.717) is 24.8 Å². The number of carbonyl (C=O) groups excluding carboxylic acids is 1. The topological polar surface area (TPSA) is 20.3 Å². The van der Waals surface area contributed by atoms with Gasteiger partial charge in [0.05, 0.1) is 0 Å². The first kappa shape index (κ1) is 14.1. The van der Waals surface area contributed by atoms with Crippen LogP contribution in [0.2, 0.25) is 0 Å². The fourth-order valence-corrected chi connectivity index (χ4v) is 1.84. The molecule has 0 aliphatic heterocycles. The van der Waals surface area contributed by atoms with E-state index in [0.717, 1.165) is 12.8 Å². The Balaban J connectivity index is 4.24. The molecule has 0 atom stereocenters. The van der Waals surface area contributed by atoms with Crippen molar-refractivity contribution in [2.24, 2.45) is 5.92 Å². The van der Waals surface area contributed by atoms with Gasteiger partial charge in [-0.15, -0.1) is 23.2 Å². The molecule has 0 heterocycles. The Bertz CT molecular complexity index is 154. The van der Waals surface area contributed by atoms with Crippen LogP contribution in [0.15, 0.2) is 0 Å². The van der Waals surface area contributed by atoms with Crippen molar-refractivity contribution < 1.29 is 4.79 Å². The first-order valence-electron chi connectivity index (χ1n) is 5.11. The minimum absolute atomic E-state index is 0.126. The Labute approximate surface area is 96.6 Å². The van der Waals surface area contributed by atoms with Gasteiger partial charge in [0, 0.05) is 30.8 Å². The van der Waals surface area contributed by atoms with Crippen molar-refractivity contribution in [1.29, 1.82) is 0 Å². The van der Waals surface area contributed by atoms with Gasteiger partial charge in [0.1, 0.15) is 0 Å². The first-order valence-corrected chi connectivity index (χ1v) is 6.18. The number of hydrogen-bond donors (Lipinski definition) is 0. The van der Waals surface area contributed by atoms with Crippen molar-refractivity contribution in [1.82, 2.24) is 4.90 Å². The molecule has 0 fully saturated rings. The van der Waals surface area contributed by atoms with Crippen molar-refractivity contribution >= 4 is 29.1 Å². The summed E-state index contributed by atoms with van der Waals surface area (Å²) in [5, 5.41) is 0. The lowest BCUT2D eigenvalue weighted by molar-refractivity contribution is -0.135. The van der Waals surface area contributed by atoms with Gasteiger partial charge in [-0.2, -0.15) is 0 Å². The largest absolute Gasteiger partial charge is 0.340 e. The average Bonchev–Trinajstić information content (AvgIpc) is 2.19. The van der Waals surface area contributed by atoms with Crippen LogP contribution in [-0.2, 0) is 4.79 Å². The number of rotatable bonds is 7. The predicted octanol–water partition coefficient (Wildman–Crippen LogP) is 2.73. The Morgan fingerprint density at radius 2 is 1.57 bits per heavy atom. The highest BCUT2D eigenvalue weighted by atomic mass is 35.5. The number of hydrogen-bond acceptors (Lipinski definition) is 1. The van der Waals surface area contributed by atoms with E-state index in [1.54, 1.807) is 4.90 Å². The number of amides is 1. The fraction of sp³-hybridized carbons (Fsp3) is 0.900. The fourth-order valence-electron chi connectivity index (χ4n) is 1.43. The summed E-state index contributed by atoms with van der Waals surface area (Å²) in [6, 6.07) is 0.